The second kappa shape index (κ2) is 9.61. The van der Waals surface area contributed by atoms with E-state index in [1.807, 2.05) is 6.92 Å². The van der Waals surface area contributed by atoms with Gasteiger partial charge in [-0.1, -0.05) is 56.2 Å². The molecule has 1 atom stereocenters. The third-order valence-electron chi connectivity index (χ3n) is 4.33. The van der Waals surface area contributed by atoms with Gasteiger partial charge >= 0.3 is 0 Å². The van der Waals surface area contributed by atoms with Crippen LogP contribution in [-0.4, -0.2) is 45.4 Å². The van der Waals surface area contributed by atoms with Crippen molar-refractivity contribution < 1.29 is 4.79 Å². The van der Waals surface area contributed by atoms with Gasteiger partial charge in [0.05, 0.1) is 5.25 Å². The standard InChI is InChI=1S/C17H30N4OS2/c1-5-21(14-9-7-6-8-10-14)15(22)13(4)23-17-20-19-16(24-17)18-11-12(2)3/h12-14H,5-11H2,1-4H3,(H,18,19). The highest BCUT2D eigenvalue weighted by atomic mass is 32.2. The van der Waals surface area contributed by atoms with Crippen molar-refractivity contribution in [3.8, 4) is 0 Å². The Kier molecular flexibility index (Phi) is 7.81. The number of thioether (sulfide) groups is 1. The van der Waals surface area contributed by atoms with Crippen LogP contribution in [0.2, 0.25) is 0 Å². The molecule has 2 rings (SSSR count). The molecule has 7 heteroatoms. The third-order valence-corrected chi connectivity index (χ3v) is 6.39. The molecule has 0 bridgehead atoms. The van der Waals surface area contributed by atoms with Crippen molar-refractivity contribution in [2.45, 2.75) is 75.4 Å². The minimum atomic E-state index is -0.113. The summed E-state index contributed by atoms with van der Waals surface area (Å²) in [6.07, 6.45) is 6.11. The van der Waals surface area contributed by atoms with Gasteiger partial charge in [-0.2, -0.15) is 0 Å². The van der Waals surface area contributed by atoms with Crippen LogP contribution in [0.25, 0.3) is 0 Å². The smallest absolute Gasteiger partial charge is 0.236 e. The number of hydrogen-bond donors (Lipinski definition) is 1. The fraction of sp³-hybridized carbons (Fsp3) is 0.824. The highest BCUT2D eigenvalue weighted by Gasteiger charge is 2.28. The number of amides is 1. The number of carbonyl (C=O) groups is 1. The van der Waals surface area contributed by atoms with Crippen molar-refractivity contribution in [2.24, 2.45) is 5.92 Å². The number of carbonyl (C=O) groups excluding carboxylic acids is 1. The topological polar surface area (TPSA) is 58.1 Å². The average Bonchev–Trinajstić information content (AvgIpc) is 3.02. The van der Waals surface area contributed by atoms with Crippen molar-refractivity contribution >= 4 is 34.1 Å². The lowest BCUT2D eigenvalue weighted by Gasteiger charge is -2.35. The lowest BCUT2D eigenvalue weighted by molar-refractivity contribution is -0.133. The Labute approximate surface area is 154 Å². The van der Waals surface area contributed by atoms with Crippen molar-refractivity contribution in [3.63, 3.8) is 0 Å². The molecule has 1 saturated carbocycles. The van der Waals surface area contributed by atoms with Gasteiger partial charge in [0.25, 0.3) is 0 Å². The molecule has 5 nitrogen and oxygen atoms in total. The molecule has 1 fully saturated rings. The molecule has 24 heavy (non-hydrogen) atoms. The maximum atomic E-state index is 12.8. The van der Waals surface area contributed by atoms with Gasteiger partial charge in [-0.3, -0.25) is 4.79 Å². The quantitative estimate of drug-likeness (QED) is 0.693. The van der Waals surface area contributed by atoms with Gasteiger partial charge in [0.15, 0.2) is 4.34 Å². The van der Waals surface area contributed by atoms with Crippen LogP contribution in [0.4, 0.5) is 5.13 Å². The van der Waals surface area contributed by atoms with E-state index in [0.717, 1.165) is 35.4 Å². The van der Waals surface area contributed by atoms with Gasteiger partial charge in [0.2, 0.25) is 11.0 Å². The largest absolute Gasteiger partial charge is 0.360 e. The maximum Gasteiger partial charge on any atom is 0.236 e. The first kappa shape index (κ1) is 19.5. The molecule has 0 aliphatic heterocycles. The van der Waals surface area contributed by atoms with E-state index in [2.05, 4.69) is 41.2 Å². The van der Waals surface area contributed by atoms with E-state index in [-0.39, 0.29) is 11.2 Å². The summed E-state index contributed by atoms with van der Waals surface area (Å²) in [6, 6.07) is 0.428. The summed E-state index contributed by atoms with van der Waals surface area (Å²) in [7, 11) is 0. The molecule has 136 valence electrons. The number of anilines is 1. The zero-order valence-electron chi connectivity index (χ0n) is 15.2. The molecular formula is C17H30N4OS2. The fourth-order valence-corrected chi connectivity index (χ4v) is 5.02. The molecule has 0 spiro atoms. The van der Waals surface area contributed by atoms with Crippen LogP contribution >= 0.6 is 23.1 Å². The summed E-state index contributed by atoms with van der Waals surface area (Å²) < 4.78 is 0.863. The Hall–Kier alpha value is -0.820. The zero-order valence-corrected chi connectivity index (χ0v) is 16.9. The summed E-state index contributed by atoms with van der Waals surface area (Å²) in [5.41, 5.74) is 0. The van der Waals surface area contributed by atoms with E-state index in [0.29, 0.717) is 12.0 Å². The van der Waals surface area contributed by atoms with Crippen LogP contribution < -0.4 is 5.32 Å². The highest BCUT2D eigenvalue weighted by Crippen LogP contribution is 2.31. The molecule has 0 saturated heterocycles. The summed E-state index contributed by atoms with van der Waals surface area (Å²) in [5, 5.41) is 12.4. The molecule has 1 aliphatic carbocycles. The molecule has 1 N–H and O–H groups in total. The van der Waals surface area contributed by atoms with Gasteiger partial charge < -0.3 is 10.2 Å². The molecule has 1 aliphatic rings. The number of hydrogen-bond acceptors (Lipinski definition) is 6. The first-order valence-electron chi connectivity index (χ1n) is 9.05. The maximum absolute atomic E-state index is 12.8. The van der Waals surface area contributed by atoms with Crippen LogP contribution in [0.3, 0.4) is 0 Å². The van der Waals surface area contributed by atoms with Crippen LogP contribution in [-0.2, 0) is 4.79 Å². The third kappa shape index (κ3) is 5.62. The average molecular weight is 371 g/mol. The second-order valence-corrected chi connectivity index (χ2v) is 9.39. The Morgan fingerprint density at radius 1 is 1.29 bits per heavy atom. The van der Waals surface area contributed by atoms with Gasteiger partial charge in [0, 0.05) is 19.1 Å². The molecule has 1 aromatic heterocycles. The van der Waals surface area contributed by atoms with E-state index >= 15 is 0 Å². The second-order valence-electron chi connectivity index (χ2n) is 6.82. The van der Waals surface area contributed by atoms with E-state index in [9.17, 15) is 4.79 Å². The van der Waals surface area contributed by atoms with Crippen LogP contribution in [0, 0.1) is 5.92 Å². The van der Waals surface area contributed by atoms with Crippen molar-refractivity contribution in [1.82, 2.24) is 15.1 Å². The number of nitrogens with one attached hydrogen (secondary N) is 1. The molecule has 1 heterocycles. The lowest BCUT2D eigenvalue weighted by atomic mass is 9.94. The Bertz CT molecular complexity index is 514. The summed E-state index contributed by atoms with van der Waals surface area (Å²) in [5.74, 6) is 0.806. The van der Waals surface area contributed by atoms with E-state index < -0.39 is 0 Å². The number of rotatable bonds is 8. The first-order valence-corrected chi connectivity index (χ1v) is 10.7. The van der Waals surface area contributed by atoms with Crippen LogP contribution in [0.5, 0.6) is 0 Å². The molecule has 0 radical (unpaired) electrons. The predicted octanol–water partition coefficient (Wildman–Crippen LogP) is 4.27. The summed E-state index contributed by atoms with van der Waals surface area (Å²) in [4.78, 5) is 14.9. The molecule has 1 aromatic rings. The van der Waals surface area contributed by atoms with Gasteiger partial charge in [-0.15, -0.1) is 10.2 Å². The van der Waals surface area contributed by atoms with Gasteiger partial charge in [0.1, 0.15) is 0 Å². The van der Waals surface area contributed by atoms with E-state index in [1.165, 1.54) is 42.4 Å². The monoisotopic (exact) mass is 370 g/mol. The predicted molar refractivity (Wildman–Crippen MR) is 103 cm³/mol. The summed E-state index contributed by atoms with van der Waals surface area (Å²) >= 11 is 3.06. The highest BCUT2D eigenvalue weighted by molar-refractivity contribution is 8.02. The van der Waals surface area contributed by atoms with E-state index in [4.69, 9.17) is 0 Å². The minimum absolute atomic E-state index is 0.113. The first-order chi connectivity index (χ1) is 11.5. The van der Waals surface area contributed by atoms with Crippen LogP contribution in [0.15, 0.2) is 4.34 Å². The SMILES string of the molecule is CCN(C(=O)C(C)Sc1nnc(NCC(C)C)s1)C1CCCCC1. The lowest BCUT2D eigenvalue weighted by Crippen LogP contribution is -2.44. The summed E-state index contributed by atoms with van der Waals surface area (Å²) in [6.45, 7) is 10.1. The molecule has 1 unspecified atom stereocenters. The van der Waals surface area contributed by atoms with E-state index in [1.54, 1.807) is 0 Å². The number of nitrogens with zero attached hydrogens (tertiary/aromatic N) is 3. The fourth-order valence-electron chi connectivity index (χ4n) is 3.04. The number of aromatic nitrogens is 2. The Morgan fingerprint density at radius 2 is 2.00 bits per heavy atom. The Balaban J connectivity index is 1.90. The zero-order chi connectivity index (χ0) is 17.5. The van der Waals surface area contributed by atoms with Gasteiger partial charge in [-0.25, -0.2) is 0 Å². The van der Waals surface area contributed by atoms with Crippen molar-refractivity contribution in [1.29, 1.82) is 0 Å². The molecular weight excluding hydrogens is 340 g/mol. The Morgan fingerprint density at radius 3 is 2.62 bits per heavy atom. The van der Waals surface area contributed by atoms with Gasteiger partial charge in [-0.05, 0) is 32.6 Å². The molecule has 1 amide bonds. The minimum Gasteiger partial charge on any atom is -0.360 e. The normalized spacial score (nSPS) is 17.0. The van der Waals surface area contributed by atoms with Crippen molar-refractivity contribution in [2.75, 3.05) is 18.4 Å². The van der Waals surface area contributed by atoms with Crippen molar-refractivity contribution in [3.05, 3.63) is 0 Å². The van der Waals surface area contributed by atoms with Crippen LogP contribution in [0.1, 0.15) is 59.8 Å². The molecule has 0 aromatic carbocycles.